The molecule has 20 rings (SSSR count). The first kappa shape index (κ1) is 104. The summed E-state index contributed by atoms with van der Waals surface area (Å²) in [5.41, 5.74) is 34.1. The Bertz CT molecular complexity index is 6220. The van der Waals surface area contributed by atoms with Gasteiger partial charge in [0, 0.05) is 130 Å². The van der Waals surface area contributed by atoms with Gasteiger partial charge in [0.25, 0.3) is 0 Å². The summed E-state index contributed by atoms with van der Waals surface area (Å²) in [5.74, 6) is 0.563. The molecule has 8 heterocycles. The van der Waals surface area contributed by atoms with E-state index in [2.05, 4.69) is 262 Å². The van der Waals surface area contributed by atoms with Crippen LogP contribution in [0.15, 0.2) is 444 Å². The van der Waals surface area contributed by atoms with Crippen LogP contribution in [0, 0.1) is 83.1 Å². The quantitative estimate of drug-likeness (QED) is 0.0992. The van der Waals surface area contributed by atoms with Crippen molar-refractivity contribution in [2.45, 2.75) is 67.7 Å². The van der Waals surface area contributed by atoms with Crippen molar-refractivity contribution in [3.05, 3.63) is 531 Å². The molecular weight excluding hydrogens is 2350 g/mol. The molecule has 0 amide bonds. The maximum absolute atomic E-state index is 4.55. The Morgan fingerprint density at radius 1 is 0.187 bits per heavy atom. The smallest absolute Gasteiger partial charge is 0.0239 e. The summed E-state index contributed by atoms with van der Waals surface area (Å²) < 4.78 is 0. The Morgan fingerprint density at radius 3 is 0.560 bits per heavy atom. The van der Waals surface area contributed by atoms with Crippen LogP contribution in [-0.4, -0.2) is 39.9 Å². The number of rotatable bonds is 14. The van der Waals surface area contributed by atoms with E-state index < -0.39 is 0 Å². The molecule has 0 N–H and O–H groups in total. The minimum atomic E-state index is 0. The Labute approximate surface area is 846 Å². The van der Waals surface area contributed by atoms with Gasteiger partial charge < -0.3 is 39.9 Å². The second-order valence-electron chi connectivity index (χ2n) is 30.9. The molecule has 0 atom stereocenters. The van der Waals surface area contributed by atoms with Gasteiger partial charge in [0.2, 0.25) is 0 Å². The fourth-order valence-corrected chi connectivity index (χ4v) is 13.2. The summed E-state index contributed by atoms with van der Waals surface area (Å²) in [5, 5.41) is 0. The van der Waals surface area contributed by atoms with E-state index in [1.54, 1.807) is 0 Å². The van der Waals surface area contributed by atoms with Crippen LogP contribution in [0.25, 0.3) is 135 Å². The maximum atomic E-state index is 4.55. The van der Waals surface area contributed by atoms with Gasteiger partial charge in [-0.05, 0) is 170 Å². The zero-order valence-corrected chi connectivity index (χ0v) is 85.4. The largest absolute Gasteiger partial charge is 0.304 e. The van der Waals surface area contributed by atoms with E-state index in [9.17, 15) is 0 Å². The third kappa shape index (κ3) is 33.0. The number of nitrogens with zero attached hydrogens (tertiary/aromatic N) is 8. The van der Waals surface area contributed by atoms with E-state index >= 15 is 0 Å². The van der Waals surface area contributed by atoms with Crippen LogP contribution in [0.5, 0.6) is 0 Å². The standard InChI is InChI=1S/C20H18N.C19H16N.C18H14N.C17H12N.4C12H10N.4Ir/c1-15(2)16-8-10-17(11-9-16)19-12-13-20(21-14-19)18-6-4-3-5-7-18;1-2-15-8-10-16(11-9-15)18-12-13-19(20-14-18)17-6-4-3-5-7-17;1-14-7-9-15(10-8-14)17-11-12-18(19-13-17)16-5-3-2-4-6-16;1-3-7-14(8-4-1)16-11-12-17(18-13-16)15-9-5-2-6-10-15;4*1-10-7-8-12(13-9-10)11-5-3-2-4-6-11;;;;/h3-6,8-15H,1-2H3;3-6,8-14H,2H2,1H3;2-5,7-13H,1H3;1-9,11-13H;4*2-5,7-9H,1H3;;;;/q8*-1;;;;. The van der Waals surface area contributed by atoms with Crippen molar-refractivity contribution in [3.63, 3.8) is 0 Å². The number of benzene rings is 12. The van der Waals surface area contributed by atoms with Gasteiger partial charge in [-0.15, -0.1) is 287 Å². The van der Waals surface area contributed by atoms with E-state index in [4.69, 9.17) is 0 Å². The van der Waals surface area contributed by atoms with Crippen LogP contribution in [0.2, 0.25) is 0 Å². The molecule has 0 fully saturated rings. The van der Waals surface area contributed by atoms with Crippen molar-refractivity contribution in [2.75, 3.05) is 0 Å². The SMILES string of the molecule is CC(C)c1ccc(-c2ccc(-c3[c-]cccc3)nc2)cc1.CCc1ccc(-c2ccc(-c3[c-]cccc3)nc2)cc1.Cc1ccc(-c2[c-]cccc2)nc1.Cc1ccc(-c2[c-]cccc2)nc1.Cc1ccc(-c2[c-]cccc2)nc1.Cc1ccc(-c2[c-]cccc2)nc1.Cc1ccc(-c2ccc(-c3[c-]cccc3)nc2)cc1.[Ir].[Ir].[Ir].[Ir].[c-]1ccccc1-c1ccc(-c2ccccc2)cn1. The molecule has 672 valence electrons. The second-order valence-corrected chi connectivity index (χ2v) is 30.9. The topological polar surface area (TPSA) is 103 Å². The van der Waals surface area contributed by atoms with Gasteiger partial charge in [-0.1, -0.05) is 227 Å². The van der Waals surface area contributed by atoms with Gasteiger partial charge in [0.05, 0.1) is 0 Å². The summed E-state index contributed by atoms with van der Waals surface area (Å²) in [6.07, 6.45) is 16.2. The minimum Gasteiger partial charge on any atom is -0.304 e. The Balaban J connectivity index is 0.000000172. The molecule has 134 heavy (non-hydrogen) atoms. The summed E-state index contributed by atoms with van der Waals surface area (Å²) >= 11 is 0. The number of pyridine rings is 8. The second kappa shape index (κ2) is 56.3. The van der Waals surface area contributed by atoms with Gasteiger partial charge in [0.15, 0.2) is 0 Å². The number of aromatic nitrogens is 8. The predicted octanol–water partition coefficient (Wildman–Crippen LogP) is 30.3. The minimum absolute atomic E-state index is 0. The molecule has 4 radical (unpaired) electrons. The van der Waals surface area contributed by atoms with Crippen molar-refractivity contribution in [2.24, 2.45) is 0 Å². The summed E-state index contributed by atoms with van der Waals surface area (Å²) in [6.45, 7) is 16.8. The van der Waals surface area contributed by atoms with Crippen molar-refractivity contribution in [1.29, 1.82) is 0 Å². The molecule has 12 heteroatoms. The fraction of sp³-hybridized carbons (Fsp3) is 0.0820. The average molecular weight is 2450 g/mol. The number of hydrogen-bond acceptors (Lipinski definition) is 8. The van der Waals surface area contributed by atoms with Gasteiger partial charge >= 0.3 is 0 Å². The molecule has 12 aromatic carbocycles. The molecule has 0 aliphatic rings. The van der Waals surface area contributed by atoms with Crippen molar-refractivity contribution in [3.8, 4) is 135 Å². The maximum Gasteiger partial charge on any atom is 0.0239 e. The van der Waals surface area contributed by atoms with Crippen molar-refractivity contribution >= 4 is 0 Å². The van der Waals surface area contributed by atoms with Crippen LogP contribution in [-0.2, 0) is 86.8 Å². The van der Waals surface area contributed by atoms with E-state index in [1.807, 2.05) is 326 Å². The molecule has 0 saturated heterocycles. The van der Waals surface area contributed by atoms with Gasteiger partial charge in [0.1, 0.15) is 0 Å². The number of hydrogen-bond donors (Lipinski definition) is 0. The summed E-state index contributed by atoms with van der Waals surface area (Å²) in [7, 11) is 0. The summed E-state index contributed by atoms with van der Waals surface area (Å²) in [6, 6.07) is 157. The summed E-state index contributed by atoms with van der Waals surface area (Å²) in [4.78, 5) is 35.4. The molecule has 20 aromatic rings. The molecule has 0 aliphatic heterocycles. The first-order valence-electron chi connectivity index (χ1n) is 43.4. The third-order valence-corrected chi connectivity index (χ3v) is 20.7. The van der Waals surface area contributed by atoms with E-state index in [-0.39, 0.29) is 80.4 Å². The monoisotopic (exact) mass is 2450 g/mol. The molecule has 8 nitrogen and oxygen atoms in total. The molecule has 0 spiro atoms. The van der Waals surface area contributed by atoms with Crippen molar-refractivity contribution in [1.82, 2.24) is 39.9 Å². The normalized spacial score (nSPS) is 9.95. The van der Waals surface area contributed by atoms with E-state index in [0.29, 0.717) is 5.92 Å². The molecule has 0 bridgehead atoms. The number of aryl methyl sites for hydroxylation is 6. The van der Waals surface area contributed by atoms with Crippen LogP contribution in [0.1, 0.15) is 65.6 Å². The average Bonchev–Trinajstić information content (AvgIpc) is 0.860. The van der Waals surface area contributed by atoms with Gasteiger partial charge in [-0.3, -0.25) is 0 Å². The Morgan fingerprint density at radius 2 is 0.373 bits per heavy atom. The molecular formula is C122H100Ir4N8-8. The van der Waals surface area contributed by atoms with Gasteiger partial charge in [-0.25, -0.2) is 0 Å². The molecule has 0 aliphatic carbocycles. The Kier molecular flexibility index (Phi) is 43.8. The van der Waals surface area contributed by atoms with Crippen LogP contribution < -0.4 is 0 Å². The van der Waals surface area contributed by atoms with Gasteiger partial charge in [-0.2, -0.15) is 0 Å². The molecule has 0 unspecified atom stereocenters. The predicted molar refractivity (Wildman–Crippen MR) is 537 cm³/mol. The molecule has 8 aromatic heterocycles. The zero-order chi connectivity index (χ0) is 90.1. The van der Waals surface area contributed by atoms with E-state index in [0.717, 1.165) is 119 Å². The van der Waals surface area contributed by atoms with Crippen LogP contribution in [0.4, 0.5) is 0 Å². The first-order valence-corrected chi connectivity index (χ1v) is 43.4. The zero-order valence-electron chi connectivity index (χ0n) is 75.8. The van der Waals surface area contributed by atoms with Crippen LogP contribution >= 0.6 is 0 Å². The van der Waals surface area contributed by atoms with E-state index in [1.165, 1.54) is 61.2 Å². The third-order valence-electron chi connectivity index (χ3n) is 20.7. The van der Waals surface area contributed by atoms with Crippen molar-refractivity contribution < 1.29 is 80.4 Å². The molecule has 0 saturated carbocycles. The fourth-order valence-electron chi connectivity index (χ4n) is 13.2. The first-order chi connectivity index (χ1) is 63.8. The van der Waals surface area contributed by atoms with Crippen LogP contribution in [0.3, 0.4) is 0 Å². The Hall–Kier alpha value is -13.6.